The number of rotatable bonds is 5. The molecule has 0 aliphatic carbocycles. The van der Waals surface area contributed by atoms with Crippen LogP contribution in [-0.2, 0) is 0 Å². The van der Waals surface area contributed by atoms with E-state index in [9.17, 15) is 19.5 Å². The molecule has 0 atom stereocenters. The Labute approximate surface area is 213 Å². The highest BCUT2D eigenvalue weighted by Crippen LogP contribution is 2.50. The van der Waals surface area contributed by atoms with Crippen molar-refractivity contribution in [2.45, 2.75) is 9.79 Å². The summed E-state index contributed by atoms with van der Waals surface area (Å²) in [6, 6.07) is 19.1. The Kier molecular flexibility index (Phi) is 7.07. The number of benzene rings is 3. The second-order valence-electron chi connectivity index (χ2n) is 8.55. The highest BCUT2D eigenvalue weighted by atomic mass is 32.2. The molecular weight excluding hydrogens is 478 g/mol. The minimum atomic E-state index is -1.34. The summed E-state index contributed by atoms with van der Waals surface area (Å²) in [6.07, 6.45) is -1.34. The Hall–Kier alpha value is -4.18. The third kappa shape index (κ3) is 4.94. The van der Waals surface area contributed by atoms with Crippen LogP contribution in [0.25, 0.3) is 0 Å². The van der Waals surface area contributed by atoms with Gasteiger partial charge in [0, 0.05) is 54.9 Å². The Bertz CT molecular complexity index is 1260. The lowest BCUT2D eigenvalue weighted by atomic mass is 10.2. The first-order valence-electron chi connectivity index (χ1n) is 11.2. The third-order valence-electron chi connectivity index (χ3n) is 5.70. The number of amides is 4. The fourth-order valence-electron chi connectivity index (χ4n) is 3.78. The van der Waals surface area contributed by atoms with E-state index in [0.29, 0.717) is 11.4 Å². The Balaban J connectivity index is 1.84. The van der Waals surface area contributed by atoms with E-state index in [1.165, 1.54) is 4.90 Å². The van der Waals surface area contributed by atoms with Crippen molar-refractivity contribution in [2.24, 2.45) is 0 Å². The second-order valence-corrected chi connectivity index (χ2v) is 9.64. The molecule has 36 heavy (non-hydrogen) atoms. The topological polar surface area (TPSA) is 96.4 Å². The third-order valence-corrected chi connectivity index (χ3v) is 6.79. The first kappa shape index (κ1) is 24.9. The van der Waals surface area contributed by atoms with Gasteiger partial charge in [0.15, 0.2) is 0 Å². The van der Waals surface area contributed by atoms with Crippen LogP contribution in [0.15, 0.2) is 76.5 Å². The molecule has 3 aromatic carbocycles. The number of carbonyl (C=O) groups is 3. The number of anilines is 4. The summed E-state index contributed by atoms with van der Waals surface area (Å²) in [5.41, 5.74) is 3.43. The summed E-state index contributed by atoms with van der Waals surface area (Å²) in [7, 11) is 7.75. The van der Waals surface area contributed by atoms with Crippen molar-refractivity contribution in [3.63, 3.8) is 0 Å². The van der Waals surface area contributed by atoms with E-state index in [1.54, 1.807) is 42.1 Å². The van der Waals surface area contributed by atoms with Crippen LogP contribution in [0.4, 0.5) is 32.3 Å². The molecule has 0 radical (unpaired) electrons. The van der Waals surface area contributed by atoms with Crippen LogP contribution in [0, 0.1) is 0 Å². The molecule has 0 spiro atoms. The summed E-state index contributed by atoms with van der Waals surface area (Å²) in [5, 5.41) is 11.4. The van der Waals surface area contributed by atoms with Gasteiger partial charge in [-0.15, -0.1) is 0 Å². The lowest BCUT2D eigenvalue weighted by Gasteiger charge is -2.35. The number of hydrogen-bond acceptors (Lipinski definition) is 6. The highest BCUT2D eigenvalue weighted by Gasteiger charge is 2.35. The van der Waals surface area contributed by atoms with E-state index >= 15 is 0 Å². The Morgan fingerprint density at radius 3 is 1.83 bits per heavy atom. The number of nitrogens with one attached hydrogen (secondary N) is 1. The van der Waals surface area contributed by atoms with Gasteiger partial charge in [-0.2, -0.15) is 0 Å². The van der Waals surface area contributed by atoms with Crippen LogP contribution in [0.3, 0.4) is 0 Å². The van der Waals surface area contributed by atoms with Crippen molar-refractivity contribution >= 4 is 52.5 Å². The van der Waals surface area contributed by atoms with Gasteiger partial charge in [-0.25, -0.2) is 14.5 Å². The van der Waals surface area contributed by atoms with Gasteiger partial charge >= 0.3 is 12.1 Å². The smallest absolute Gasteiger partial charge is 0.406 e. The van der Waals surface area contributed by atoms with Crippen molar-refractivity contribution < 1.29 is 19.5 Å². The van der Waals surface area contributed by atoms with Gasteiger partial charge in [-0.3, -0.25) is 9.69 Å². The zero-order valence-corrected chi connectivity index (χ0v) is 21.2. The molecule has 1 aliphatic rings. The molecule has 3 aromatic rings. The molecule has 0 fully saturated rings. The standard InChI is InChI=1S/C26H27N5O4S/c1-28(2)18-10-12-20-22(14-18)36-23-15-19(29(3)4)11-13-21(23)31(20)26(35)30(16-27-25(33)34)24(32)17-8-6-5-7-9-17/h5-15,27H,16H2,1-4H3,(H,33,34). The molecule has 0 unspecified atom stereocenters. The minimum absolute atomic E-state index is 0.274. The van der Waals surface area contributed by atoms with Crippen molar-refractivity contribution in [1.82, 2.24) is 10.2 Å². The zero-order valence-electron chi connectivity index (χ0n) is 20.4. The normalized spacial score (nSPS) is 11.7. The molecule has 1 aliphatic heterocycles. The molecule has 1 heterocycles. The predicted octanol–water partition coefficient (Wildman–Crippen LogP) is 4.91. The minimum Gasteiger partial charge on any atom is -0.465 e. The van der Waals surface area contributed by atoms with Crippen LogP contribution in [-0.4, -0.2) is 62.9 Å². The van der Waals surface area contributed by atoms with E-state index in [1.807, 2.05) is 74.4 Å². The number of carboxylic acid groups (broad SMARTS) is 1. The van der Waals surface area contributed by atoms with E-state index in [-0.39, 0.29) is 5.56 Å². The molecule has 186 valence electrons. The van der Waals surface area contributed by atoms with Crippen molar-refractivity contribution in [3.8, 4) is 0 Å². The molecule has 0 aromatic heterocycles. The number of carbonyl (C=O) groups excluding carboxylic acids is 2. The van der Waals surface area contributed by atoms with Crippen molar-refractivity contribution in [2.75, 3.05) is 49.6 Å². The van der Waals surface area contributed by atoms with Crippen LogP contribution in [0.5, 0.6) is 0 Å². The lowest BCUT2D eigenvalue weighted by Crippen LogP contribution is -2.50. The summed E-state index contributed by atoms with van der Waals surface area (Å²) in [5.74, 6) is -0.606. The average Bonchev–Trinajstić information content (AvgIpc) is 2.86. The maximum absolute atomic E-state index is 14.1. The van der Waals surface area contributed by atoms with Gasteiger partial charge in [-0.05, 0) is 48.5 Å². The fraction of sp³-hybridized carbons (Fsp3) is 0.192. The summed E-state index contributed by atoms with van der Waals surface area (Å²) in [4.78, 5) is 46.7. The van der Waals surface area contributed by atoms with Crippen LogP contribution in [0.2, 0.25) is 0 Å². The number of imide groups is 1. The molecular formula is C26H27N5O4S. The monoisotopic (exact) mass is 505 g/mol. The largest absolute Gasteiger partial charge is 0.465 e. The first-order chi connectivity index (χ1) is 17.2. The summed E-state index contributed by atoms with van der Waals surface area (Å²) >= 11 is 1.54. The molecule has 0 bridgehead atoms. The molecule has 4 amide bonds. The van der Waals surface area contributed by atoms with Gasteiger partial charge in [-0.1, -0.05) is 30.0 Å². The van der Waals surface area contributed by atoms with E-state index < -0.39 is 24.7 Å². The molecule has 0 saturated heterocycles. The van der Waals surface area contributed by atoms with Gasteiger partial charge in [0.1, 0.15) is 6.67 Å². The molecule has 2 N–H and O–H groups in total. The van der Waals surface area contributed by atoms with E-state index in [0.717, 1.165) is 26.1 Å². The van der Waals surface area contributed by atoms with Crippen LogP contribution in [0.1, 0.15) is 10.4 Å². The van der Waals surface area contributed by atoms with Crippen LogP contribution >= 0.6 is 11.8 Å². The Morgan fingerprint density at radius 1 is 0.833 bits per heavy atom. The van der Waals surface area contributed by atoms with Crippen molar-refractivity contribution in [3.05, 3.63) is 72.3 Å². The summed E-state index contributed by atoms with van der Waals surface area (Å²) in [6.45, 7) is -0.498. The zero-order chi connectivity index (χ0) is 26.0. The maximum atomic E-state index is 14.1. The highest BCUT2D eigenvalue weighted by molar-refractivity contribution is 7.99. The van der Waals surface area contributed by atoms with Gasteiger partial charge < -0.3 is 20.2 Å². The van der Waals surface area contributed by atoms with Crippen LogP contribution < -0.4 is 20.0 Å². The Morgan fingerprint density at radius 2 is 1.36 bits per heavy atom. The molecule has 0 saturated carbocycles. The number of urea groups is 1. The second kappa shape index (κ2) is 10.2. The molecule has 10 heteroatoms. The molecule has 9 nitrogen and oxygen atoms in total. The van der Waals surface area contributed by atoms with E-state index in [4.69, 9.17) is 0 Å². The predicted molar refractivity (Wildman–Crippen MR) is 142 cm³/mol. The van der Waals surface area contributed by atoms with Gasteiger partial charge in [0.2, 0.25) is 0 Å². The van der Waals surface area contributed by atoms with Gasteiger partial charge in [0.05, 0.1) is 11.4 Å². The first-order valence-corrected chi connectivity index (χ1v) is 12.0. The fourth-order valence-corrected chi connectivity index (χ4v) is 4.90. The lowest BCUT2D eigenvalue weighted by molar-refractivity contribution is 0.0798. The molecule has 4 rings (SSSR count). The van der Waals surface area contributed by atoms with Crippen molar-refractivity contribution in [1.29, 1.82) is 0 Å². The maximum Gasteiger partial charge on any atom is 0.406 e. The van der Waals surface area contributed by atoms with Gasteiger partial charge in [0.25, 0.3) is 5.91 Å². The quantitative estimate of drug-likeness (QED) is 0.476. The number of hydrogen-bond donors (Lipinski definition) is 2. The number of nitrogens with zero attached hydrogens (tertiary/aromatic N) is 4. The number of fused-ring (bicyclic) bond motifs is 2. The SMILES string of the molecule is CN(C)c1ccc2c(c1)Sc1cc(N(C)C)ccc1N2C(=O)N(CNC(=O)O)C(=O)c1ccccc1. The summed E-state index contributed by atoms with van der Waals surface area (Å²) < 4.78 is 0. The van der Waals surface area contributed by atoms with E-state index in [2.05, 4.69) is 5.32 Å². The average molecular weight is 506 g/mol.